The molecule has 1 saturated carbocycles. The van der Waals surface area contributed by atoms with Crippen molar-refractivity contribution in [3.8, 4) is 0 Å². The minimum Gasteiger partial charge on any atom is -0.375 e. The maximum Gasteiger partial charge on any atom is 0.0628 e. The molecule has 4 heteroatoms. The van der Waals surface area contributed by atoms with Crippen molar-refractivity contribution in [3.63, 3.8) is 0 Å². The minimum absolute atomic E-state index is 0.460. The molecule has 3 rings (SSSR count). The van der Waals surface area contributed by atoms with Crippen molar-refractivity contribution in [2.75, 3.05) is 26.2 Å². The standard InChI is InChI=1S/C20H38N2O2/c1-15(2)21-9-5-17(6-10-21)23-19-13-20(14-19)24-18-7-11-22(12-8-18)16(3)4/h15-20H,5-14H2,1-4H3. The number of piperidine rings is 2. The lowest BCUT2D eigenvalue weighted by Gasteiger charge is -2.43. The molecular weight excluding hydrogens is 300 g/mol. The summed E-state index contributed by atoms with van der Waals surface area (Å²) in [5.41, 5.74) is 0. The summed E-state index contributed by atoms with van der Waals surface area (Å²) < 4.78 is 12.6. The Morgan fingerprint density at radius 1 is 0.583 bits per heavy atom. The van der Waals surface area contributed by atoms with Crippen LogP contribution in [0.3, 0.4) is 0 Å². The Morgan fingerprint density at radius 3 is 1.21 bits per heavy atom. The summed E-state index contributed by atoms with van der Waals surface area (Å²) >= 11 is 0. The SMILES string of the molecule is CC(C)N1CCC(OC2CC(OC3CCN(C(C)C)CC3)C2)CC1. The highest BCUT2D eigenvalue weighted by molar-refractivity contribution is 4.86. The molecule has 2 aliphatic heterocycles. The first kappa shape index (κ1) is 18.6. The van der Waals surface area contributed by atoms with E-state index in [1.165, 1.54) is 51.9 Å². The van der Waals surface area contributed by atoms with Crippen LogP contribution in [0.15, 0.2) is 0 Å². The molecule has 0 spiro atoms. The molecule has 0 radical (unpaired) electrons. The van der Waals surface area contributed by atoms with Crippen molar-refractivity contribution in [3.05, 3.63) is 0 Å². The Labute approximate surface area is 148 Å². The number of ether oxygens (including phenoxy) is 2. The fourth-order valence-corrected chi connectivity index (χ4v) is 4.34. The van der Waals surface area contributed by atoms with E-state index in [1.807, 2.05) is 0 Å². The van der Waals surface area contributed by atoms with Crippen LogP contribution < -0.4 is 0 Å². The third-order valence-electron chi connectivity index (χ3n) is 6.24. The number of nitrogens with zero attached hydrogens (tertiary/aromatic N) is 2. The lowest BCUT2D eigenvalue weighted by Crippen LogP contribution is -2.47. The molecule has 0 N–H and O–H groups in total. The third-order valence-corrected chi connectivity index (χ3v) is 6.24. The van der Waals surface area contributed by atoms with Gasteiger partial charge in [-0.15, -0.1) is 0 Å². The van der Waals surface area contributed by atoms with Gasteiger partial charge in [-0.05, 0) is 66.2 Å². The molecule has 140 valence electrons. The molecule has 0 amide bonds. The molecule has 0 bridgehead atoms. The zero-order valence-corrected chi connectivity index (χ0v) is 16.2. The van der Waals surface area contributed by atoms with Gasteiger partial charge in [-0.2, -0.15) is 0 Å². The van der Waals surface area contributed by atoms with Gasteiger partial charge in [0.05, 0.1) is 24.4 Å². The monoisotopic (exact) mass is 338 g/mol. The number of hydrogen-bond donors (Lipinski definition) is 0. The molecular formula is C20H38N2O2. The first-order valence-electron chi connectivity index (χ1n) is 10.3. The van der Waals surface area contributed by atoms with E-state index in [9.17, 15) is 0 Å². The van der Waals surface area contributed by atoms with Gasteiger partial charge in [0.25, 0.3) is 0 Å². The van der Waals surface area contributed by atoms with Gasteiger partial charge in [0.1, 0.15) is 0 Å². The highest BCUT2D eigenvalue weighted by Crippen LogP contribution is 2.32. The van der Waals surface area contributed by atoms with Gasteiger partial charge >= 0.3 is 0 Å². The fourth-order valence-electron chi connectivity index (χ4n) is 4.34. The van der Waals surface area contributed by atoms with Crippen molar-refractivity contribution < 1.29 is 9.47 Å². The van der Waals surface area contributed by atoms with Crippen LogP contribution in [0, 0.1) is 0 Å². The molecule has 4 nitrogen and oxygen atoms in total. The summed E-state index contributed by atoms with van der Waals surface area (Å²) in [5.74, 6) is 0. The molecule has 3 aliphatic rings. The fraction of sp³-hybridized carbons (Fsp3) is 1.00. The highest BCUT2D eigenvalue weighted by atomic mass is 16.5. The summed E-state index contributed by atoms with van der Waals surface area (Å²) in [4.78, 5) is 5.13. The summed E-state index contributed by atoms with van der Waals surface area (Å²) in [7, 11) is 0. The lowest BCUT2D eigenvalue weighted by atomic mass is 9.90. The van der Waals surface area contributed by atoms with E-state index >= 15 is 0 Å². The molecule has 3 fully saturated rings. The molecule has 2 saturated heterocycles. The van der Waals surface area contributed by atoms with Crippen LogP contribution >= 0.6 is 0 Å². The molecule has 0 atom stereocenters. The smallest absolute Gasteiger partial charge is 0.0628 e. The van der Waals surface area contributed by atoms with E-state index in [2.05, 4.69) is 37.5 Å². The van der Waals surface area contributed by atoms with Crippen LogP contribution in [-0.2, 0) is 9.47 Å². The normalized spacial score (nSPS) is 31.8. The van der Waals surface area contributed by atoms with Crippen molar-refractivity contribution in [1.29, 1.82) is 0 Å². The average molecular weight is 339 g/mol. The third kappa shape index (κ3) is 4.94. The molecule has 0 aromatic heterocycles. The van der Waals surface area contributed by atoms with Gasteiger partial charge in [-0.3, -0.25) is 0 Å². The Hall–Kier alpha value is -0.160. The lowest BCUT2D eigenvalue weighted by molar-refractivity contribution is -0.158. The van der Waals surface area contributed by atoms with Crippen molar-refractivity contribution in [2.45, 2.75) is 103 Å². The summed E-state index contributed by atoms with van der Waals surface area (Å²) in [6.07, 6.45) is 8.94. The first-order valence-corrected chi connectivity index (χ1v) is 10.3. The molecule has 0 aromatic rings. The van der Waals surface area contributed by atoms with E-state index in [1.54, 1.807) is 0 Å². The summed E-state index contributed by atoms with van der Waals surface area (Å²) in [6.45, 7) is 14.0. The summed E-state index contributed by atoms with van der Waals surface area (Å²) in [6, 6.07) is 1.35. The Morgan fingerprint density at radius 2 is 0.917 bits per heavy atom. The van der Waals surface area contributed by atoms with Gasteiger partial charge in [0.2, 0.25) is 0 Å². The van der Waals surface area contributed by atoms with Crippen LogP contribution in [0.4, 0.5) is 0 Å². The van der Waals surface area contributed by atoms with Crippen LogP contribution in [0.5, 0.6) is 0 Å². The topological polar surface area (TPSA) is 24.9 Å². The predicted molar refractivity (Wildman–Crippen MR) is 98.4 cm³/mol. The van der Waals surface area contributed by atoms with E-state index in [0.717, 1.165) is 12.8 Å². The zero-order valence-electron chi connectivity index (χ0n) is 16.2. The van der Waals surface area contributed by atoms with E-state index in [0.29, 0.717) is 36.5 Å². The van der Waals surface area contributed by atoms with E-state index < -0.39 is 0 Å². The van der Waals surface area contributed by atoms with Crippen LogP contribution in [-0.4, -0.2) is 72.5 Å². The van der Waals surface area contributed by atoms with Crippen molar-refractivity contribution >= 4 is 0 Å². The predicted octanol–water partition coefficient (Wildman–Crippen LogP) is 3.30. The molecule has 0 unspecified atom stereocenters. The average Bonchev–Trinajstić information content (AvgIpc) is 2.53. The Kier molecular flexibility index (Phi) is 6.58. The molecule has 1 aliphatic carbocycles. The second-order valence-corrected chi connectivity index (χ2v) is 8.65. The maximum absolute atomic E-state index is 6.31. The number of hydrogen-bond acceptors (Lipinski definition) is 4. The van der Waals surface area contributed by atoms with Gasteiger partial charge < -0.3 is 19.3 Å². The molecule has 2 heterocycles. The quantitative estimate of drug-likeness (QED) is 0.742. The minimum atomic E-state index is 0.460. The zero-order chi connectivity index (χ0) is 17.1. The molecule has 24 heavy (non-hydrogen) atoms. The van der Waals surface area contributed by atoms with Crippen molar-refractivity contribution in [1.82, 2.24) is 9.80 Å². The largest absolute Gasteiger partial charge is 0.375 e. The summed E-state index contributed by atoms with van der Waals surface area (Å²) in [5, 5.41) is 0. The second kappa shape index (κ2) is 8.48. The van der Waals surface area contributed by atoms with Gasteiger partial charge in [-0.1, -0.05) is 0 Å². The Balaban J connectivity index is 1.27. The number of rotatable bonds is 6. The van der Waals surface area contributed by atoms with Crippen LogP contribution in [0.1, 0.15) is 66.2 Å². The van der Waals surface area contributed by atoms with Crippen LogP contribution in [0.25, 0.3) is 0 Å². The van der Waals surface area contributed by atoms with Gasteiger partial charge in [-0.25, -0.2) is 0 Å². The van der Waals surface area contributed by atoms with E-state index in [-0.39, 0.29) is 0 Å². The number of likely N-dealkylation sites (tertiary alicyclic amines) is 2. The van der Waals surface area contributed by atoms with Gasteiger partial charge in [0, 0.05) is 38.3 Å². The van der Waals surface area contributed by atoms with Gasteiger partial charge in [0.15, 0.2) is 0 Å². The first-order chi connectivity index (χ1) is 11.5. The van der Waals surface area contributed by atoms with Crippen molar-refractivity contribution in [2.24, 2.45) is 0 Å². The van der Waals surface area contributed by atoms with Crippen LogP contribution in [0.2, 0.25) is 0 Å². The maximum atomic E-state index is 6.31. The van der Waals surface area contributed by atoms with E-state index in [4.69, 9.17) is 9.47 Å². The highest BCUT2D eigenvalue weighted by Gasteiger charge is 2.36. The second-order valence-electron chi connectivity index (χ2n) is 8.65. The molecule has 0 aromatic carbocycles. The Bertz CT molecular complexity index is 332.